The number of aromatic nitrogens is 2. The molecule has 1 aromatic carbocycles. The lowest BCUT2D eigenvalue weighted by Gasteiger charge is -2.01. The van der Waals surface area contributed by atoms with Gasteiger partial charge in [-0.3, -0.25) is 5.10 Å². The molecule has 0 atom stereocenters. The second-order valence-corrected chi connectivity index (χ2v) is 5.06. The predicted molar refractivity (Wildman–Crippen MR) is 74.0 cm³/mol. The Hall–Kier alpha value is -2.08. The van der Waals surface area contributed by atoms with Crippen LogP contribution in [0.1, 0.15) is 16.6 Å². The summed E-state index contributed by atoms with van der Waals surface area (Å²) in [6, 6.07) is 3.75. The van der Waals surface area contributed by atoms with Crippen LogP contribution in [0.4, 0.5) is 0 Å². The topological polar surface area (TPSA) is 64.2 Å². The van der Waals surface area contributed by atoms with E-state index < -0.39 is 0 Å². The van der Waals surface area contributed by atoms with Crippen molar-refractivity contribution in [3.05, 3.63) is 23.2 Å². The van der Waals surface area contributed by atoms with E-state index in [0.29, 0.717) is 11.5 Å². The largest absolute Gasteiger partial charge is 0.494 e. The van der Waals surface area contributed by atoms with Gasteiger partial charge >= 0.3 is 5.97 Å². The van der Waals surface area contributed by atoms with Gasteiger partial charge in [0.1, 0.15) is 16.1 Å². The molecule has 98 valence electrons. The van der Waals surface area contributed by atoms with E-state index in [9.17, 15) is 4.79 Å². The van der Waals surface area contributed by atoms with Gasteiger partial charge in [-0.2, -0.15) is 5.10 Å². The van der Waals surface area contributed by atoms with E-state index in [1.54, 1.807) is 20.2 Å². The second kappa shape index (κ2) is 4.55. The van der Waals surface area contributed by atoms with Gasteiger partial charge in [-0.1, -0.05) is 0 Å². The average Bonchev–Trinajstić information content (AvgIpc) is 3.03. The normalized spacial score (nSPS) is 11.1. The van der Waals surface area contributed by atoms with Crippen molar-refractivity contribution in [1.82, 2.24) is 10.2 Å². The third-order valence-corrected chi connectivity index (χ3v) is 3.96. The molecule has 5 nitrogen and oxygen atoms in total. The molecule has 6 heteroatoms. The molecule has 0 aliphatic carbocycles. The van der Waals surface area contributed by atoms with Gasteiger partial charge in [-0.05, 0) is 13.0 Å². The highest BCUT2D eigenvalue weighted by atomic mass is 32.1. The van der Waals surface area contributed by atoms with Crippen molar-refractivity contribution in [1.29, 1.82) is 0 Å². The minimum atomic E-state index is -0.292. The molecule has 0 aliphatic rings. The van der Waals surface area contributed by atoms with Crippen molar-refractivity contribution >= 4 is 38.3 Å². The van der Waals surface area contributed by atoms with Gasteiger partial charge in [0.15, 0.2) is 0 Å². The van der Waals surface area contributed by atoms with Gasteiger partial charge in [0.2, 0.25) is 0 Å². The molecule has 0 fully saturated rings. The molecule has 1 N–H and O–H groups in total. The fraction of sp³-hybridized carbons (Fsp3) is 0.231. The Labute approximate surface area is 113 Å². The number of thiophene rings is 1. The SMILES string of the molecule is CCOC(=O)c1cc2c(cc(OC)c3[nH]ncc32)s1. The van der Waals surface area contributed by atoms with Crippen molar-refractivity contribution in [3.8, 4) is 5.75 Å². The van der Waals surface area contributed by atoms with Crippen molar-refractivity contribution in [2.75, 3.05) is 13.7 Å². The first-order chi connectivity index (χ1) is 9.24. The van der Waals surface area contributed by atoms with Crippen LogP contribution in [0, 0.1) is 0 Å². The number of nitrogens with one attached hydrogen (secondary N) is 1. The standard InChI is InChI=1S/C13H12N2O3S/c1-3-18-13(16)11-4-7-8-6-14-15-12(8)9(17-2)5-10(7)19-11/h4-6H,3H2,1-2H3,(H,14,15). The van der Waals surface area contributed by atoms with E-state index in [1.807, 2.05) is 12.1 Å². The Balaban J connectivity index is 2.24. The number of methoxy groups -OCH3 is 1. The van der Waals surface area contributed by atoms with Crippen molar-refractivity contribution < 1.29 is 14.3 Å². The van der Waals surface area contributed by atoms with Crippen LogP contribution in [0.3, 0.4) is 0 Å². The summed E-state index contributed by atoms with van der Waals surface area (Å²) in [5.74, 6) is 0.427. The number of H-pyrrole nitrogens is 1. The number of nitrogens with zero attached hydrogens (tertiary/aromatic N) is 1. The summed E-state index contributed by atoms with van der Waals surface area (Å²) in [5, 5.41) is 8.87. The number of hydrogen-bond acceptors (Lipinski definition) is 5. The zero-order valence-corrected chi connectivity index (χ0v) is 11.3. The van der Waals surface area contributed by atoms with Crippen LogP contribution in [-0.4, -0.2) is 29.9 Å². The Bertz CT molecular complexity index is 760. The number of rotatable bonds is 3. The summed E-state index contributed by atoms with van der Waals surface area (Å²) < 4.78 is 11.3. The van der Waals surface area contributed by atoms with E-state index in [1.165, 1.54) is 11.3 Å². The van der Waals surface area contributed by atoms with E-state index in [-0.39, 0.29) is 5.97 Å². The Morgan fingerprint density at radius 3 is 3.00 bits per heavy atom. The molecule has 0 bridgehead atoms. The predicted octanol–water partition coefficient (Wildman–Crippen LogP) is 2.96. The quantitative estimate of drug-likeness (QED) is 0.747. The summed E-state index contributed by atoms with van der Waals surface area (Å²) in [7, 11) is 1.61. The van der Waals surface area contributed by atoms with Crippen LogP contribution in [0.5, 0.6) is 5.75 Å². The molecule has 3 aromatic rings. The van der Waals surface area contributed by atoms with Crippen LogP contribution >= 0.6 is 11.3 Å². The lowest BCUT2D eigenvalue weighted by atomic mass is 10.1. The van der Waals surface area contributed by atoms with Crippen LogP contribution in [-0.2, 0) is 4.74 Å². The molecule has 2 aromatic heterocycles. The lowest BCUT2D eigenvalue weighted by Crippen LogP contribution is -2.01. The van der Waals surface area contributed by atoms with Crippen LogP contribution in [0.25, 0.3) is 21.0 Å². The Morgan fingerprint density at radius 2 is 2.26 bits per heavy atom. The fourth-order valence-corrected chi connectivity index (χ4v) is 3.06. The minimum absolute atomic E-state index is 0.292. The molecule has 0 radical (unpaired) electrons. The molecule has 0 amide bonds. The van der Waals surface area contributed by atoms with Crippen LogP contribution in [0.2, 0.25) is 0 Å². The first-order valence-electron chi connectivity index (χ1n) is 5.85. The van der Waals surface area contributed by atoms with E-state index in [2.05, 4.69) is 10.2 Å². The highest BCUT2D eigenvalue weighted by molar-refractivity contribution is 7.21. The molecule has 0 saturated carbocycles. The monoisotopic (exact) mass is 276 g/mol. The van der Waals surface area contributed by atoms with E-state index >= 15 is 0 Å². The number of fused-ring (bicyclic) bond motifs is 3. The Kier molecular flexibility index (Phi) is 2.87. The molecule has 0 aliphatic heterocycles. The highest BCUT2D eigenvalue weighted by Gasteiger charge is 2.16. The van der Waals surface area contributed by atoms with Crippen LogP contribution in [0.15, 0.2) is 18.3 Å². The summed E-state index contributed by atoms with van der Waals surface area (Å²) in [5.41, 5.74) is 0.836. The smallest absolute Gasteiger partial charge is 0.348 e. The van der Waals surface area contributed by atoms with Gasteiger partial charge in [0, 0.05) is 21.5 Å². The first-order valence-corrected chi connectivity index (χ1v) is 6.67. The van der Waals surface area contributed by atoms with Gasteiger partial charge in [0.25, 0.3) is 0 Å². The molecule has 0 unspecified atom stereocenters. The molecular formula is C13H12N2O3S. The maximum atomic E-state index is 11.8. The molecular weight excluding hydrogens is 264 g/mol. The van der Waals surface area contributed by atoms with E-state index in [0.717, 1.165) is 26.7 Å². The maximum Gasteiger partial charge on any atom is 0.348 e. The molecule has 0 spiro atoms. The fourth-order valence-electron chi connectivity index (χ4n) is 2.06. The maximum absolute atomic E-state index is 11.8. The van der Waals surface area contributed by atoms with Gasteiger partial charge in [-0.15, -0.1) is 11.3 Å². The van der Waals surface area contributed by atoms with Crippen molar-refractivity contribution in [3.63, 3.8) is 0 Å². The number of benzene rings is 1. The van der Waals surface area contributed by atoms with Gasteiger partial charge < -0.3 is 9.47 Å². The third kappa shape index (κ3) is 1.84. The minimum Gasteiger partial charge on any atom is -0.494 e. The van der Waals surface area contributed by atoms with E-state index in [4.69, 9.17) is 9.47 Å². The highest BCUT2D eigenvalue weighted by Crippen LogP contribution is 2.36. The lowest BCUT2D eigenvalue weighted by molar-refractivity contribution is 0.0532. The van der Waals surface area contributed by atoms with Gasteiger partial charge in [0.05, 0.1) is 19.9 Å². The van der Waals surface area contributed by atoms with Crippen molar-refractivity contribution in [2.45, 2.75) is 6.92 Å². The number of aromatic amines is 1. The van der Waals surface area contributed by atoms with Crippen molar-refractivity contribution in [2.24, 2.45) is 0 Å². The first kappa shape index (κ1) is 12.0. The zero-order chi connectivity index (χ0) is 13.4. The molecule has 3 rings (SSSR count). The summed E-state index contributed by atoms with van der Waals surface area (Å²) in [6.45, 7) is 2.17. The number of hydrogen-bond donors (Lipinski definition) is 1. The average molecular weight is 276 g/mol. The molecule has 0 saturated heterocycles. The number of carbonyl (C=O) groups excluding carboxylic acids is 1. The number of carbonyl (C=O) groups is 1. The number of ether oxygens (including phenoxy) is 2. The third-order valence-electron chi connectivity index (χ3n) is 2.90. The Morgan fingerprint density at radius 1 is 1.42 bits per heavy atom. The van der Waals surface area contributed by atoms with Crippen LogP contribution < -0.4 is 4.74 Å². The zero-order valence-electron chi connectivity index (χ0n) is 10.5. The molecule has 2 heterocycles. The second-order valence-electron chi connectivity index (χ2n) is 3.98. The summed E-state index contributed by atoms with van der Waals surface area (Å²) in [6.07, 6.45) is 1.74. The number of esters is 1. The summed E-state index contributed by atoms with van der Waals surface area (Å²) in [4.78, 5) is 12.4. The summed E-state index contributed by atoms with van der Waals surface area (Å²) >= 11 is 1.40. The molecule has 19 heavy (non-hydrogen) atoms. The van der Waals surface area contributed by atoms with Gasteiger partial charge in [-0.25, -0.2) is 4.79 Å².